The predicted octanol–water partition coefficient (Wildman–Crippen LogP) is 3.11. The molecule has 0 radical (unpaired) electrons. The Bertz CT molecular complexity index is 435. The van der Waals surface area contributed by atoms with Gasteiger partial charge in [-0.3, -0.25) is 14.6 Å². The minimum absolute atomic E-state index is 0.213. The van der Waals surface area contributed by atoms with Gasteiger partial charge in [-0.05, 0) is 60.4 Å². The number of likely N-dealkylation sites (tertiary alicyclic amines) is 1. The predicted molar refractivity (Wildman–Crippen MR) is 84.1 cm³/mol. The molecule has 1 aromatic rings. The van der Waals surface area contributed by atoms with Crippen molar-refractivity contribution >= 4 is 33.0 Å². The molecule has 2 rings (SSSR count). The average Bonchev–Trinajstić information content (AvgIpc) is 2.97. The zero-order valence-corrected chi connectivity index (χ0v) is 14.0. The van der Waals surface area contributed by atoms with Crippen LogP contribution >= 0.6 is 27.3 Å². The zero-order valence-electron chi connectivity index (χ0n) is 11.6. The van der Waals surface area contributed by atoms with Crippen LogP contribution in [0.15, 0.2) is 15.9 Å². The first kappa shape index (κ1) is 15.2. The summed E-state index contributed by atoms with van der Waals surface area (Å²) in [6.07, 6.45) is 2.55. The molecule has 1 atom stereocenters. The highest BCUT2D eigenvalue weighted by molar-refractivity contribution is 9.10. The fourth-order valence-electron chi connectivity index (χ4n) is 2.75. The number of rotatable bonds is 6. The van der Waals surface area contributed by atoms with E-state index in [-0.39, 0.29) is 5.78 Å². The first-order chi connectivity index (χ1) is 9.11. The molecule has 106 valence electrons. The molecule has 0 aromatic carbocycles. The molecule has 1 aromatic heterocycles. The summed E-state index contributed by atoms with van der Waals surface area (Å²) in [5, 5.41) is 1.95. The summed E-state index contributed by atoms with van der Waals surface area (Å²) in [6.45, 7) is 6.03. The highest BCUT2D eigenvalue weighted by Gasteiger charge is 2.25. The van der Waals surface area contributed by atoms with Crippen LogP contribution in [0.5, 0.6) is 0 Å². The fourth-order valence-corrected chi connectivity index (χ4v) is 4.28. The fraction of sp³-hybridized carbons (Fsp3) is 0.643. The molecule has 0 saturated carbocycles. The van der Waals surface area contributed by atoms with E-state index in [2.05, 4.69) is 32.7 Å². The summed E-state index contributed by atoms with van der Waals surface area (Å²) in [7, 11) is 2.05. The van der Waals surface area contributed by atoms with E-state index in [0.717, 1.165) is 22.4 Å². The number of Topliss-reactive ketones (excluding diaryl/α,β-unsaturated/α-hetero) is 1. The Labute approximate surface area is 127 Å². The van der Waals surface area contributed by atoms with Crippen LogP contribution in [-0.4, -0.2) is 54.9 Å². The van der Waals surface area contributed by atoms with Gasteiger partial charge in [-0.1, -0.05) is 6.92 Å². The maximum atomic E-state index is 12.2. The number of thiophene rings is 1. The van der Waals surface area contributed by atoms with Gasteiger partial charge in [0, 0.05) is 17.1 Å². The van der Waals surface area contributed by atoms with Gasteiger partial charge in [0.1, 0.15) is 0 Å². The molecule has 0 aliphatic carbocycles. The quantitative estimate of drug-likeness (QED) is 0.740. The summed E-state index contributed by atoms with van der Waals surface area (Å²) in [6, 6.07) is 2.56. The highest BCUT2D eigenvalue weighted by Crippen LogP contribution is 2.23. The SMILES string of the molecule is CCN1CCCC1CN(C)CC(=O)c1sccc1Br. The van der Waals surface area contributed by atoms with Crippen LogP contribution in [0.4, 0.5) is 0 Å². The normalized spacial score (nSPS) is 20.3. The second-order valence-electron chi connectivity index (χ2n) is 5.14. The highest BCUT2D eigenvalue weighted by atomic mass is 79.9. The summed E-state index contributed by atoms with van der Waals surface area (Å²) < 4.78 is 0.923. The molecule has 19 heavy (non-hydrogen) atoms. The van der Waals surface area contributed by atoms with Gasteiger partial charge in [-0.25, -0.2) is 0 Å². The zero-order chi connectivity index (χ0) is 13.8. The van der Waals surface area contributed by atoms with Crippen molar-refractivity contribution in [3.63, 3.8) is 0 Å². The molecule has 2 heterocycles. The molecule has 1 saturated heterocycles. The molecule has 0 bridgehead atoms. The van der Waals surface area contributed by atoms with Crippen LogP contribution < -0.4 is 0 Å². The molecule has 1 aliphatic heterocycles. The third-order valence-electron chi connectivity index (χ3n) is 3.71. The standard InChI is InChI=1S/C14H21BrN2OS/c1-3-17-7-4-5-11(17)9-16(2)10-13(18)14-12(15)6-8-19-14/h6,8,11H,3-5,7,9-10H2,1-2H3. The molecule has 0 amide bonds. The first-order valence-corrected chi connectivity index (χ1v) is 8.48. The van der Waals surface area contributed by atoms with Crippen molar-refractivity contribution in [1.29, 1.82) is 0 Å². The Balaban J connectivity index is 1.86. The van der Waals surface area contributed by atoms with Crippen LogP contribution in [0.3, 0.4) is 0 Å². The molecule has 0 spiro atoms. The van der Waals surface area contributed by atoms with Crippen molar-refractivity contribution in [3.05, 3.63) is 20.8 Å². The average molecular weight is 345 g/mol. The minimum Gasteiger partial charge on any atom is -0.299 e. The third-order valence-corrected chi connectivity index (χ3v) is 5.59. The van der Waals surface area contributed by atoms with Crippen LogP contribution in [0.25, 0.3) is 0 Å². The Hall–Kier alpha value is -0.230. The molecular formula is C14H21BrN2OS. The summed E-state index contributed by atoms with van der Waals surface area (Å²) in [4.78, 5) is 17.7. The maximum absolute atomic E-state index is 12.2. The topological polar surface area (TPSA) is 23.6 Å². The summed E-state index contributed by atoms with van der Waals surface area (Å²) in [5.41, 5.74) is 0. The van der Waals surface area contributed by atoms with E-state index < -0.39 is 0 Å². The monoisotopic (exact) mass is 344 g/mol. The van der Waals surface area contributed by atoms with Crippen LogP contribution in [0.2, 0.25) is 0 Å². The molecule has 1 unspecified atom stereocenters. The Morgan fingerprint density at radius 1 is 1.63 bits per heavy atom. The first-order valence-electron chi connectivity index (χ1n) is 6.80. The summed E-state index contributed by atoms with van der Waals surface area (Å²) >= 11 is 4.94. The molecule has 0 N–H and O–H groups in total. The number of carbonyl (C=O) groups excluding carboxylic acids is 1. The smallest absolute Gasteiger partial charge is 0.187 e. The van der Waals surface area contributed by atoms with E-state index in [0.29, 0.717) is 12.6 Å². The van der Waals surface area contributed by atoms with Gasteiger partial charge < -0.3 is 0 Å². The van der Waals surface area contributed by atoms with E-state index in [1.165, 1.54) is 30.7 Å². The maximum Gasteiger partial charge on any atom is 0.187 e. The van der Waals surface area contributed by atoms with E-state index >= 15 is 0 Å². The van der Waals surface area contributed by atoms with Gasteiger partial charge >= 0.3 is 0 Å². The number of likely N-dealkylation sites (N-methyl/N-ethyl adjacent to an activating group) is 2. The van der Waals surface area contributed by atoms with Crippen LogP contribution in [0, 0.1) is 0 Å². The van der Waals surface area contributed by atoms with Crippen molar-refractivity contribution in [1.82, 2.24) is 9.80 Å². The van der Waals surface area contributed by atoms with Crippen molar-refractivity contribution in [2.75, 3.05) is 33.2 Å². The van der Waals surface area contributed by atoms with Crippen molar-refractivity contribution < 1.29 is 4.79 Å². The van der Waals surface area contributed by atoms with Gasteiger partial charge in [0.25, 0.3) is 0 Å². The van der Waals surface area contributed by atoms with Crippen molar-refractivity contribution in [3.8, 4) is 0 Å². The van der Waals surface area contributed by atoms with Crippen molar-refractivity contribution in [2.45, 2.75) is 25.8 Å². The minimum atomic E-state index is 0.213. The Kier molecular flexibility index (Phi) is 5.57. The third kappa shape index (κ3) is 3.88. The number of halogens is 1. The lowest BCUT2D eigenvalue weighted by Gasteiger charge is -2.27. The lowest BCUT2D eigenvalue weighted by molar-refractivity contribution is 0.0932. The van der Waals surface area contributed by atoms with Gasteiger partial charge in [0.15, 0.2) is 5.78 Å². The van der Waals surface area contributed by atoms with E-state index in [9.17, 15) is 4.79 Å². The molecule has 5 heteroatoms. The van der Waals surface area contributed by atoms with Gasteiger partial charge in [-0.15, -0.1) is 11.3 Å². The van der Waals surface area contributed by atoms with Crippen LogP contribution in [0.1, 0.15) is 29.4 Å². The molecule has 1 aliphatic rings. The lowest BCUT2D eigenvalue weighted by Crippen LogP contribution is -2.40. The van der Waals surface area contributed by atoms with Crippen LogP contribution in [-0.2, 0) is 0 Å². The molecule has 1 fully saturated rings. The summed E-state index contributed by atoms with van der Waals surface area (Å²) in [5.74, 6) is 0.213. The lowest BCUT2D eigenvalue weighted by atomic mass is 10.2. The number of hydrogen-bond acceptors (Lipinski definition) is 4. The van der Waals surface area contributed by atoms with E-state index in [4.69, 9.17) is 0 Å². The van der Waals surface area contributed by atoms with E-state index in [1.807, 2.05) is 18.5 Å². The largest absolute Gasteiger partial charge is 0.299 e. The van der Waals surface area contributed by atoms with Gasteiger partial charge in [0.2, 0.25) is 0 Å². The van der Waals surface area contributed by atoms with Gasteiger partial charge in [-0.2, -0.15) is 0 Å². The molecular weight excluding hydrogens is 324 g/mol. The van der Waals surface area contributed by atoms with Crippen molar-refractivity contribution in [2.24, 2.45) is 0 Å². The Morgan fingerprint density at radius 3 is 3.05 bits per heavy atom. The number of nitrogens with zero attached hydrogens (tertiary/aromatic N) is 2. The number of hydrogen-bond donors (Lipinski definition) is 0. The second-order valence-corrected chi connectivity index (χ2v) is 6.91. The number of ketones is 1. The van der Waals surface area contributed by atoms with E-state index in [1.54, 1.807) is 0 Å². The number of carbonyl (C=O) groups is 1. The molecule has 3 nitrogen and oxygen atoms in total. The Morgan fingerprint density at radius 2 is 2.42 bits per heavy atom. The second kappa shape index (κ2) is 6.97. The van der Waals surface area contributed by atoms with Gasteiger partial charge in [0.05, 0.1) is 11.4 Å².